The Kier molecular flexibility index (Phi) is 3.59. The average molecular weight is 297 g/mol. The maximum Gasteiger partial charge on any atom is 0.264 e. The first-order valence-electron chi connectivity index (χ1n) is 6.56. The van der Waals surface area contributed by atoms with E-state index in [1.165, 1.54) is 5.56 Å². The summed E-state index contributed by atoms with van der Waals surface area (Å²) >= 11 is 6.05. The van der Waals surface area contributed by atoms with Crippen molar-refractivity contribution in [2.24, 2.45) is 0 Å². The van der Waals surface area contributed by atoms with Crippen LogP contribution in [0, 0.1) is 6.92 Å². The van der Waals surface area contributed by atoms with Gasteiger partial charge in [0, 0.05) is 22.2 Å². The average Bonchev–Trinajstić information content (AvgIpc) is 2.48. The van der Waals surface area contributed by atoms with E-state index in [4.69, 9.17) is 11.6 Å². The molecule has 3 rings (SSSR count). The van der Waals surface area contributed by atoms with Crippen LogP contribution < -0.4 is 5.56 Å². The number of hydrogen-bond acceptors (Lipinski definition) is 2. The highest BCUT2D eigenvalue weighted by molar-refractivity contribution is 6.30. The molecular formula is C17H13ClN2O. The van der Waals surface area contributed by atoms with Crippen molar-refractivity contribution in [2.45, 2.75) is 6.92 Å². The van der Waals surface area contributed by atoms with Crippen molar-refractivity contribution >= 4 is 11.6 Å². The molecule has 0 spiro atoms. The first-order valence-corrected chi connectivity index (χ1v) is 6.94. The summed E-state index contributed by atoms with van der Waals surface area (Å²) in [5.74, 6) is 0. The molecule has 0 atom stereocenters. The van der Waals surface area contributed by atoms with E-state index in [0.29, 0.717) is 5.02 Å². The molecule has 1 N–H and O–H groups in total. The van der Waals surface area contributed by atoms with Gasteiger partial charge in [0.25, 0.3) is 5.56 Å². The summed E-state index contributed by atoms with van der Waals surface area (Å²) in [5.41, 5.74) is 4.26. The van der Waals surface area contributed by atoms with Gasteiger partial charge in [0.15, 0.2) is 0 Å². The normalized spacial score (nSPS) is 10.6. The Morgan fingerprint density at radius 2 is 1.76 bits per heavy atom. The smallest absolute Gasteiger partial charge is 0.264 e. The minimum absolute atomic E-state index is 0.235. The lowest BCUT2D eigenvalue weighted by atomic mass is 9.99. The van der Waals surface area contributed by atoms with Gasteiger partial charge in [0.05, 0.1) is 5.69 Å². The monoisotopic (exact) mass is 296 g/mol. The number of aryl methyl sites for hydroxylation is 1. The number of benzene rings is 2. The summed E-state index contributed by atoms with van der Waals surface area (Å²) < 4.78 is 0. The minimum Gasteiger partial charge on any atom is -0.268 e. The Morgan fingerprint density at radius 3 is 2.48 bits per heavy atom. The van der Waals surface area contributed by atoms with E-state index in [0.717, 1.165) is 22.4 Å². The summed E-state index contributed by atoms with van der Waals surface area (Å²) in [7, 11) is 0. The molecule has 0 fully saturated rings. The van der Waals surface area contributed by atoms with Crippen LogP contribution in [0.4, 0.5) is 0 Å². The van der Waals surface area contributed by atoms with E-state index in [9.17, 15) is 4.79 Å². The van der Waals surface area contributed by atoms with Crippen LogP contribution in [0.3, 0.4) is 0 Å². The largest absolute Gasteiger partial charge is 0.268 e. The van der Waals surface area contributed by atoms with Gasteiger partial charge in [0.1, 0.15) is 0 Å². The highest BCUT2D eigenvalue weighted by Gasteiger charge is 2.10. The van der Waals surface area contributed by atoms with Crippen LogP contribution in [0.15, 0.2) is 59.4 Å². The van der Waals surface area contributed by atoms with Crippen molar-refractivity contribution in [1.82, 2.24) is 10.2 Å². The number of hydrogen-bond donors (Lipinski definition) is 1. The Bertz CT molecular complexity index is 838. The molecule has 104 valence electrons. The number of halogens is 1. The maximum atomic E-state index is 11.6. The van der Waals surface area contributed by atoms with E-state index < -0.39 is 0 Å². The topological polar surface area (TPSA) is 45.8 Å². The van der Waals surface area contributed by atoms with Gasteiger partial charge in [-0.1, -0.05) is 53.6 Å². The SMILES string of the molecule is Cc1ccc(-c2n[nH]c(=O)cc2-c2cccc(Cl)c2)cc1. The zero-order chi connectivity index (χ0) is 14.8. The maximum absolute atomic E-state index is 11.6. The van der Waals surface area contributed by atoms with Gasteiger partial charge in [-0.25, -0.2) is 5.10 Å². The standard InChI is InChI=1S/C17H13ClN2O/c1-11-5-7-12(8-6-11)17-15(10-16(21)19-20-17)13-3-2-4-14(18)9-13/h2-10H,1H3,(H,19,21). The van der Waals surface area contributed by atoms with Gasteiger partial charge in [-0.2, -0.15) is 5.10 Å². The summed E-state index contributed by atoms with van der Waals surface area (Å²) in [6, 6.07) is 17.0. The van der Waals surface area contributed by atoms with Crippen LogP contribution >= 0.6 is 11.6 Å². The zero-order valence-electron chi connectivity index (χ0n) is 11.4. The first kappa shape index (κ1) is 13.6. The molecule has 0 aliphatic rings. The number of aromatic amines is 1. The molecule has 0 aliphatic heterocycles. The zero-order valence-corrected chi connectivity index (χ0v) is 12.2. The van der Waals surface area contributed by atoms with Crippen LogP contribution in [0.25, 0.3) is 22.4 Å². The summed E-state index contributed by atoms with van der Waals surface area (Å²) in [4.78, 5) is 11.6. The molecule has 1 heterocycles. The predicted molar refractivity (Wildman–Crippen MR) is 85.5 cm³/mol. The van der Waals surface area contributed by atoms with Crippen molar-refractivity contribution in [1.29, 1.82) is 0 Å². The van der Waals surface area contributed by atoms with Crippen molar-refractivity contribution in [3.8, 4) is 22.4 Å². The number of aromatic nitrogens is 2. The fraction of sp³-hybridized carbons (Fsp3) is 0.0588. The molecule has 0 radical (unpaired) electrons. The van der Waals surface area contributed by atoms with Crippen molar-refractivity contribution in [3.05, 3.63) is 75.5 Å². The van der Waals surface area contributed by atoms with E-state index in [2.05, 4.69) is 10.2 Å². The van der Waals surface area contributed by atoms with Crippen LogP contribution in [-0.4, -0.2) is 10.2 Å². The van der Waals surface area contributed by atoms with E-state index in [-0.39, 0.29) is 5.56 Å². The molecule has 3 aromatic rings. The molecule has 0 amide bonds. The van der Waals surface area contributed by atoms with Crippen LogP contribution in [0.1, 0.15) is 5.56 Å². The molecule has 0 aliphatic carbocycles. The van der Waals surface area contributed by atoms with Crippen LogP contribution in [0.5, 0.6) is 0 Å². The number of nitrogens with zero attached hydrogens (tertiary/aromatic N) is 1. The number of H-pyrrole nitrogens is 1. The third kappa shape index (κ3) is 2.88. The van der Waals surface area contributed by atoms with Crippen molar-refractivity contribution < 1.29 is 0 Å². The molecule has 0 saturated carbocycles. The lowest BCUT2D eigenvalue weighted by Gasteiger charge is -2.09. The second-order valence-electron chi connectivity index (χ2n) is 4.87. The Hall–Kier alpha value is -2.39. The second kappa shape index (κ2) is 5.54. The Labute approximate surface area is 127 Å². The molecule has 0 unspecified atom stereocenters. The quantitative estimate of drug-likeness (QED) is 0.775. The minimum atomic E-state index is -0.235. The van der Waals surface area contributed by atoms with Gasteiger partial charge in [-0.15, -0.1) is 0 Å². The van der Waals surface area contributed by atoms with E-state index >= 15 is 0 Å². The fourth-order valence-electron chi connectivity index (χ4n) is 2.21. The second-order valence-corrected chi connectivity index (χ2v) is 5.31. The number of rotatable bonds is 2. The summed E-state index contributed by atoms with van der Waals surface area (Å²) in [5, 5.41) is 7.33. The third-order valence-electron chi connectivity index (χ3n) is 3.27. The fourth-order valence-corrected chi connectivity index (χ4v) is 2.40. The van der Waals surface area contributed by atoms with Crippen molar-refractivity contribution in [2.75, 3.05) is 0 Å². The van der Waals surface area contributed by atoms with Crippen LogP contribution in [0.2, 0.25) is 5.02 Å². The third-order valence-corrected chi connectivity index (χ3v) is 3.50. The molecule has 0 bridgehead atoms. The van der Waals surface area contributed by atoms with E-state index in [1.807, 2.05) is 49.4 Å². The molecular weight excluding hydrogens is 284 g/mol. The molecule has 21 heavy (non-hydrogen) atoms. The van der Waals surface area contributed by atoms with Gasteiger partial charge >= 0.3 is 0 Å². The van der Waals surface area contributed by atoms with Gasteiger partial charge in [-0.3, -0.25) is 4.79 Å². The lowest BCUT2D eigenvalue weighted by Crippen LogP contribution is -2.08. The first-order chi connectivity index (χ1) is 10.1. The van der Waals surface area contributed by atoms with Crippen LogP contribution in [-0.2, 0) is 0 Å². The molecule has 3 nitrogen and oxygen atoms in total. The van der Waals surface area contributed by atoms with Gasteiger partial charge in [0.2, 0.25) is 0 Å². The lowest BCUT2D eigenvalue weighted by molar-refractivity contribution is 0.997. The number of nitrogens with one attached hydrogen (secondary N) is 1. The van der Waals surface area contributed by atoms with E-state index in [1.54, 1.807) is 12.1 Å². The van der Waals surface area contributed by atoms with Gasteiger partial charge < -0.3 is 0 Å². The summed E-state index contributed by atoms with van der Waals surface area (Å²) in [6.45, 7) is 2.03. The molecule has 1 aromatic heterocycles. The molecule has 0 saturated heterocycles. The molecule has 2 aromatic carbocycles. The Balaban J connectivity index is 2.22. The Morgan fingerprint density at radius 1 is 1.00 bits per heavy atom. The summed E-state index contributed by atoms with van der Waals surface area (Å²) in [6.07, 6.45) is 0. The molecule has 4 heteroatoms. The predicted octanol–water partition coefficient (Wildman–Crippen LogP) is 4.07. The highest BCUT2D eigenvalue weighted by atomic mass is 35.5. The van der Waals surface area contributed by atoms with Gasteiger partial charge in [-0.05, 0) is 24.6 Å². The highest BCUT2D eigenvalue weighted by Crippen LogP contribution is 2.30. The van der Waals surface area contributed by atoms with Crippen molar-refractivity contribution in [3.63, 3.8) is 0 Å².